The van der Waals surface area contributed by atoms with Crippen LogP contribution in [-0.2, 0) is 4.79 Å². The number of amides is 1. The van der Waals surface area contributed by atoms with Gasteiger partial charge in [-0.3, -0.25) is 4.79 Å². The predicted molar refractivity (Wildman–Crippen MR) is 196 cm³/mol. The molecule has 0 aromatic rings. The van der Waals surface area contributed by atoms with Crippen LogP contribution in [0.2, 0.25) is 0 Å². The maximum Gasteiger partial charge on any atom is 0.249 e. The minimum absolute atomic E-state index is 0.363. The topological polar surface area (TPSA) is 110 Å². The quantitative estimate of drug-likeness (QED) is 0.0346. The second-order valence-corrected chi connectivity index (χ2v) is 13.6. The Morgan fingerprint density at radius 2 is 0.913 bits per heavy atom. The molecule has 0 spiro atoms. The zero-order valence-electron chi connectivity index (χ0n) is 30.3. The van der Waals surface area contributed by atoms with E-state index in [9.17, 15) is 25.2 Å². The minimum atomic E-state index is -1.28. The SMILES string of the molecule is CCCCCCCCCCC/C=C/CC/C=C/CCCC(O)C(O)C(CO)NC(=O)C(O)CCCCCCCCCCCCCC. The predicted octanol–water partition coefficient (Wildman–Crippen LogP) is 9.62. The molecule has 0 bridgehead atoms. The van der Waals surface area contributed by atoms with E-state index in [2.05, 4.69) is 43.5 Å². The largest absolute Gasteiger partial charge is 0.394 e. The maximum atomic E-state index is 12.4. The Labute approximate surface area is 284 Å². The third-order valence-corrected chi connectivity index (χ3v) is 9.14. The van der Waals surface area contributed by atoms with Crippen LogP contribution in [-0.4, -0.2) is 57.3 Å². The molecular weight excluding hydrogens is 574 g/mol. The fourth-order valence-corrected chi connectivity index (χ4v) is 5.95. The number of nitrogens with one attached hydrogen (secondary N) is 1. The molecule has 5 N–H and O–H groups in total. The van der Waals surface area contributed by atoms with Crippen LogP contribution in [0.15, 0.2) is 24.3 Å². The highest BCUT2D eigenvalue weighted by atomic mass is 16.3. The van der Waals surface area contributed by atoms with Gasteiger partial charge in [0.1, 0.15) is 12.2 Å². The minimum Gasteiger partial charge on any atom is -0.394 e. The standard InChI is InChI=1S/C40H77NO5/c1-3-5-7-9-11-13-15-17-18-19-20-21-22-24-25-27-29-31-33-37(43)39(45)36(35-42)41-40(46)38(44)34-32-30-28-26-23-16-14-12-10-8-6-4-2/h20-21,25,27,36-39,42-45H,3-19,22-24,26,28-35H2,1-2H3,(H,41,46)/b21-20+,27-25+. The van der Waals surface area contributed by atoms with E-state index in [1.807, 2.05) is 0 Å². The highest BCUT2D eigenvalue weighted by molar-refractivity contribution is 5.80. The lowest BCUT2D eigenvalue weighted by atomic mass is 10.00. The molecule has 0 radical (unpaired) electrons. The molecule has 0 aliphatic heterocycles. The number of unbranched alkanes of at least 4 members (excludes halogenated alkanes) is 22. The number of allylic oxidation sites excluding steroid dienone is 4. The van der Waals surface area contributed by atoms with Gasteiger partial charge in [0.15, 0.2) is 0 Å². The molecule has 4 unspecified atom stereocenters. The van der Waals surface area contributed by atoms with Crippen molar-refractivity contribution in [2.24, 2.45) is 0 Å². The smallest absolute Gasteiger partial charge is 0.249 e. The van der Waals surface area contributed by atoms with Gasteiger partial charge >= 0.3 is 0 Å². The van der Waals surface area contributed by atoms with Crippen molar-refractivity contribution in [3.63, 3.8) is 0 Å². The van der Waals surface area contributed by atoms with Crippen molar-refractivity contribution in [2.75, 3.05) is 6.61 Å². The van der Waals surface area contributed by atoms with Crippen LogP contribution in [0.4, 0.5) is 0 Å². The van der Waals surface area contributed by atoms with Gasteiger partial charge in [0.25, 0.3) is 0 Å². The molecule has 0 aromatic carbocycles. The Hall–Kier alpha value is -1.21. The lowest BCUT2D eigenvalue weighted by Gasteiger charge is -2.27. The summed E-state index contributed by atoms with van der Waals surface area (Å²) in [5, 5.41) is 43.4. The summed E-state index contributed by atoms with van der Waals surface area (Å²) in [5.74, 6) is -0.599. The molecule has 4 atom stereocenters. The molecule has 0 aliphatic carbocycles. The molecule has 0 saturated heterocycles. The van der Waals surface area contributed by atoms with Crippen molar-refractivity contribution in [3.8, 4) is 0 Å². The van der Waals surface area contributed by atoms with Crippen LogP contribution in [0.25, 0.3) is 0 Å². The van der Waals surface area contributed by atoms with Gasteiger partial charge in [0.2, 0.25) is 5.91 Å². The summed E-state index contributed by atoms with van der Waals surface area (Å²) in [4.78, 5) is 12.4. The van der Waals surface area contributed by atoms with Crippen LogP contribution in [0.3, 0.4) is 0 Å². The molecule has 1 amide bonds. The van der Waals surface area contributed by atoms with E-state index in [0.717, 1.165) is 38.5 Å². The molecule has 6 heteroatoms. The number of carbonyl (C=O) groups is 1. The molecule has 0 rings (SSSR count). The molecule has 0 heterocycles. The van der Waals surface area contributed by atoms with Gasteiger partial charge < -0.3 is 25.7 Å². The van der Waals surface area contributed by atoms with Crippen LogP contribution in [0.1, 0.15) is 194 Å². The van der Waals surface area contributed by atoms with E-state index < -0.39 is 36.9 Å². The average molecular weight is 652 g/mol. The van der Waals surface area contributed by atoms with Crippen molar-refractivity contribution < 1.29 is 25.2 Å². The Morgan fingerprint density at radius 3 is 1.37 bits per heavy atom. The lowest BCUT2D eigenvalue weighted by molar-refractivity contribution is -0.132. The summed E-state index contributed by atoms with van der Waals surface area (Å²) >= 11 is 0. The van der Waals surface area contributed by atoms with Gasteiger partial charge in [-0.2, -0.15) is 0 Å². The first-order chi connectivity index (χ1) is 22.5. The highest BCUT2D eigenvalue weighted by Gasteiger charge is 2.28. The maximum absolute atomic E-state index is 12.4. The third kappa shape index (κ3) is 29.0. The van der Waals surface area contributed by atoms with Crippen LogP contribution >= 0.6 is 0 Å². The molecule has 0 saturated carbocycles. The summed E-state index contributed by atoms with van der Waals surface area (Å²) < 4.78 is 0. The lowest BCUT2D eigenvalue weighted by Crippen LogP contribution is -2.53. The Kier molecular flexibility index (Phi) is 34.2. The van der Waals surface area contributed by atoms with E-state index in [0.29, 0.717) is 19.3 Å². The summed E-state index contributed by atoms with van der Waals surface area (Å²) in [6.07, 6.45) is 37.7. The fraction of sp³-hybridized carbons (Fsp3) is 0.875. The monoisotopic (exact) mass is 652 g/mol. The second-order valence-electron chi connectivity index (χ2n) is 13.6. The van der Waals surface area contributed by atoms with Gasteiger partial charge in [-0.15, -0.1) is 0 Å². The van der Waals surface area contributed by atoms with Crippen LogP contribution < -0.4 is 5.32 Å². The first-order valence-electron chi connectivity index (χ1n) is 19.7. The zero-order chi connectivity index (χ0) is 33.9. The first kappa shape index (κ1) is 44.8. The van der Waals surface area contributed by atoms with Crippen molar-refractivity contribution in [3.05, 3.63) is 24.3 Å². The number of aliphatic hydroxyl groups is 4. The molecule has 6 nitrogen and oxygen atoms in total. The van der Waals surface area contributed by atoms with Crippen LogP contribution in [0.5, 0.6) is 0 Å². The summed E-state index contributed by atoms with van der Waals surface area (Å²) in [7, 11) is 0. The Morgan fingerprint density at radius 1 is 0.522 bits per heavy atom. The van der Waals surface area contributed by atoms with Crippen LogP contribution in [0, 0.1) is 0 Å². The summed E-state index contributed by atoms with van der Waals surface area (Å²) in [6, 6.07) is -1.00. The van der Waals surface area contributed by atoms with Crippen molar-refractivity contribution in [1.29, 1.82) is 0 Å². The average Bonchev–Trinajstić information content (AvgIpc) is 3.06. The summed E-state index contributed by atoms with van der Waals surface area (Å²) in [6.45, 7) is 4.01. The number of hydrogen-bond donors (Lipinski definition) is 5. The fourth-order valence-electron chi connectivity index (χ4n) is 5.95. The Balaban J connectivity index is 3.86. The first-order valence-corrected chi connectivity index (χ1v) is 19.7. The van der Waals surface area contributed by atoms with E-state index in [-0.39, 0.29) is 0 Å². The van der Waals surface area contributed by atoms with Crippen molar-refractivity contribution in [1.82, 2.24) is 5.32 Å². The van der Waals surface area contributed by atoms with E-state index in [1.54, 1.807) is 0 Å². The molecule has 272 valence electrons. The normalized spacial score (nSPS) is 14.7. The molecule has 0 aliphatic rings. The highest BCUT2D eigenvalue weighted by Crippen LogP contribution is 2.15. The second kappa shape index (κ2) is 35.1. The van der Waals surface area contributed by atoms with Gasteiger partial charge in [-0.25, -0.2) is 0 Å². The number of aliphatic hydroxyl groups excluding tert-OH is 4. The van der Waals surface area contributed by atoms with E-state index in [4.69, 9.17) is 0 Å². The van der Waals surface area contributed by atoms with E-state index in [1.165, 1.54) is 122 Å². The van der Waals surface area contributed by atoms with Gasteiger partial charge in [0.05, 0.1) is 18.8 Å². The number of carbonyl (C=O) groups excluding carboxylic acids is 1. The van der Waals surface area contributed by atoms with E-state index >= 15 is 0 Å². The summed E-state index contributed by atoms with van der Waals surface area (Å²) in [5.41, 5.74) is 0. The Bertz CT molecular complexity index is 697. The molecular formula is C40H77NO5. The van der Waals surface area contributed by atoms with Crippen molar-refractivity contribution >= 4 is 5.91 Å². The van der Waals surface area contributed by atoms with Gasteiger partial charge in [-0.05, 0) is 51.4 Å². The third-order valence-electron chi connectivity index (χ3n) is 9.14. The number of hydrogen-bond acceptors (Lipinski definition) is 5. The number of rotatable bonds is 35. The molecule has 46 heavy (non-hydrogen) atoms. The van der Waals surface area contributed by atoms with Gasteiger partial charge in [-0.1, -0.05) is 167 Å². The van der Waals surface area contributed by atoms with Crippen molar-refractivity contribution in [2.45, 2.75) is 218 Å². The zero-order valence-corrected chi connectivity index (χ0v) is 30.3. The molecule has 0 fully saturated rings. The van der Waals surface area contributed by atoms with Gasteiger partial charge in [0, 0.05) is 0 Å². The molecule has 0 aromatic heterocycles.